The predicted molar refractivity (Wildman–Crippen MR) is 78.2 cm³/mol. The van der Waals surface area contributed by atoms with Crippen molar-refractivity contribution >= 4 is 15.9 Å². The molecule has 2 rings (SSSR count). The lowest BCUT2D eigenvalue weighted by Gasteiger charge is -2.17. The molecule has 0 bridgehead atoms. The fraction of sp³-hybridized carbons (Fsp3) is 0.267. The highest BCUT2D eigenvalue weighted by molar-refractivity contribution is 9.10. The number of hydrogen-bond acceptors (Lipinski definition) is 2. The molecule has 0 saturated heterocycles. The normalized spacial score (nSPS) is 11.0. The van der Waals surface area contributed by atoms with E-state index in [2.05, 4.69) is 20.9 Å². The van der Waals surface area contributed by atoms with Crippen LogP contribution in [0.2, 0.25) is 0 Å². The fourth-order valence-corrected chi connectivity index (χ4v) is 2.29. The summed E-state index contributed by atoms with van der Waals surface area (Å²) in [5.74, 6) is -0.182. The molecule has 0 radical (unpaired) electrons. The Morgan fingerprint density at radius 3 is 2.68 bits per heavy atom. The molecule has 0 amide bonds. The lowest BCUT2D eigenvalue weighted by atomic mass is 10.2. The predicted octanol–water partition coefficient (Wildman–Crippen LogP) is 3.92. The molecule has 100 valence electrons. The molecule has 4 heteroatoms. The molecule has 0 fully saturated rings. The summed E-state index contributed by atoms with van der Waals surface area (Å²) in [4.78, 5) is 6.50. The van der Waals surface area contributed by atoms with Crippen molar-refractivity contribution in [1.29, 1.82) is 0 Å². The molecule has 0 atom stereocenters. The zero-order valence-corrected chi connectivity index (χ0v) is 12.6. The smallest absolute Gasteiger partial charge is 0.128 e. The summed E-state index contributed by atoms with van der Waals surface area (Å²) in [6, 6.07) is 11.1. The van der Waals surface area contributed by atoms with Crippen LogP contribution in [-0.4, -0.2) is 16.9 Å². The molecule has 0 aliphatic carbocycles. The van der Waals surface area contributed by atoms with Gasteiger partial charge in [-0.3, -0.25) is 9.88 Å². The van der Waals surface area contributed by atoms with Crippen molar-refractivity contribution < 1.29 is 4.39 Å². The standard InChI is InChI=1S/C15H16BrFN2/c1-11-4-3-5-14(18-11)10-19(2)9-12-6-7-13(16)8-15(12)17/h3-8H,9-10H2,1-2H3. The highest BCUT2D eigenvalue weighted by Crippen LogP contribution is 2.17. The van der Waals surface area contributed by atoms with Gasteiger partial charge in [-0.2, -0.15) is 0 Å². The topological polar surface area (TPSA) is 16.1 Å². The van der Waals surface area contributed by atoms with Crippen LogP contribution in [-0.2, 0) is 13.1 Å². The van der Waals surface area contributed by atoms with Gasteiger partial charge in [0.15, 0.2) is 0 Å². The maximum Gasteiger partial charge on any atom is 0.128 e. The molecule has 1 heterocycles. The molecule has 0 aliphatic rings. The van der Waals surface area contributed by atoms with Crippen molar-refractivity contribution in [2.75, 3.05) is 7.05 Å². The summed E-state index contributed by atoms with van der Waals surface area (Å²) in [5.41, 5.74) is 2.69. The second kappa shape index (κ2) is 6.26. The van der Waals surface area contributed by atoms with Crippen molar-refractivity contribution in [3.63, 3.8) is 0 Å². The first-order valence-corrected chi connectivity index (χ1v) is 6.89. The van der Waals surface area contributed by atoms with Crippen LogP contribution in [0.25, 0.3) is 0 Å². The third-order valence-corrected chi connectivity index (χ3v) is 3.33. The first kappa shape index (κ1) is 14.2. The van der Waals surface area contributed by atoms with Crippen LogP contribution in [0.5, 0.6) is 0 Å². The van der Waals surface area contributed by atoms with Crippen LogP contribution in [0.15, 0.2) is 40.9 Å². The van der Waals surface area contributed by atoms with Gasteiger partial charge in [-0.25, -0.2) is 4.39 Å². The Balaban J connectivity index is 2.03. The number of aryl methyl sites for hydroxylation is 1. The highest BCUT2D eigenvalue weighted by atomic mass is 79.9. The zero-order valence-electron chi connectivity index (χ0n) is 11.0. The molecule has 2 aromatic rings. The number of hydrogen-bond donors (Lipinski definition) is 0. The molecule has 2 nitrogen and oxygen atoms in total. The molecule has 0 aliphatic heterocycles. The summed E-state index contributed by atoms with van der Waals surface area (Å²) >= 11 is 3.26. The van der Waals surface area contributed by atoms with Crippen LogP contribution < -0.4 is 0 Å². The van der Waals surface area contributed by atoms with E-state index in [0.717, 1.165) is 15.9 Å². The van der Waals surface area contributed by atoms with Gasteiger partial charge in [0, 0.05) is 28.8 Å². The van der Waals surface area contributed by atoms with E-state index in [9.17, 15) is 4.39 Å². The summed E-state index contributed by atoms with van der Waals surface area (Å²) < 4.78 is 14.5. The van der Waals surface area contributed by atoms with E-state index >= 15 is 0 Å². The number of pyridine rings is 1. The Bertz CT molecular complexity index is 572. The minimum Gasteiger partial charge on any atom is -0.296 e. The number of nitrogens with zero attached hydrogens (tertiary/aromatic N) is 2. The molecule has 0 saturated carbocycles. The number of benzene rings is 1. The largest absolute Gasteiger partial charge is 0.296 e. The summed E-state index contributed by atoms with van der Waals surface area (Å²) in [6.45, 7) is 3.24. The van der Waals surface area contributed by atoms with Crippen molar-refractivity contribution in [3.8, 4) is 0 Å². The Morgan fingerprint density at radius 2 is 2.00 bits per heavy atom. The second-order valence-corrected chi connectivity index (χ2v) is 5.59. The number of rotatable bonds is 4. The second-order valence-electron chi connectivity index (χ2n) is 4.68. The first-order valence-electron chi connectivity index (χ1n) is 6.09. The van der Waals surface area contributed by atoms with Crippen LogP contribution >= 0.6 is 15.9 Å². The van der Waals surface area contributed by atoms with Crippen LogP contribution in [0, 0.1) is 12.7 Å². The van der Waals surface area contributed by atoms with Crippen LogP contribution in [0.3, 0.4) is 0 Å². The monoisotopic (exact) mass is 322 g/mol. The van der Waals surface area contributed by atoms with Gasteiger partial charge >= 0.3 is 0 Å². The van der Waals surface area contributed by atoms with Gasteiger partial charge in [-0.1, -0.05) is 28.1 Å². The maximum atomic E-state index is 13.7. The van der Waals surface area contributed by atoms with Crippen molar-refractivity contribution in [1.82, 2.24) is 9.88 Å². The zero-order chi connectivity index (χ0) is 13.8. The van der Waals surface area contributed by atoms with E-state index in [1.807, 2.05) is 43.1 Å². The van der Waals surface area contributed by atoms with Gasteiger partial charge in [0.25, 0.3) is 0 Å². The molecular formula is C15H16BrFN2. The molecule has 0 unspecified atom stereocenters. The van der Waals surface area contributed by atoms with Gasteiger partial charge in [0.1, 0.15) is 5.82 Å². The van der Waals surface area contributed by atoms with Gasteiger partial charge < -0.3 is 0 Å². The van der Waals surface area contributed by atoms with Crippen molar-refractivity contribution in [3.05, 3.63) is 63.6 Å². The Labute approximate surface area is 121 Å². The van der Waals surface area contributed by atoms with Gasteiger partial charge in [-0.05, 0) is 38.2 Å². The van der Waals surface area contributed by atoms with Crippen molar-refractivity contribution in [2.24, 2.45) is 0 Å². The first-order chi connectivity index (χ1) is 9.04. The molecule has 1 aromatic carbocycles. The van der Waals surface area contributed by atoms with Gasteiger partial charge in [0.2, 0.25) is 0 Å². The van der Waals surface area contributed by atoms with E-state index in [1.165, 1.54) is 6.07 Å². The highest BCUT2D eigenvalue weighted by Gasteiger charge is 2.07. The summed E-state index contributed by atoms with van der Waals surface area (Å²) in [7, 11) is 1.96. The minimum atomic E-state index is -0.182. The molecule has 19 heavy (non-hydrogen) atoms. The quantitative estimate of drug-likeness (QED) is 0.848. The maximum absolute atomic E-state index is 13.7. The Morgan fingerprint density at radius 1 is 1.21 bits per heavy atom. The SMILES string of the molecule is Cc1cccc(CN(C)Cc2ccc(Br)cc2F)n1. The average molecular weight is 323 g/mol. The van der Waals surface area contributed by atoms with Crippen LogP contribution in [0.1, 0.15) is 17.0 Å². The van der Waals surface area contributed by atoms with Crippen LogP contribution in [0.4, 0.5) is 4.39 Å². The van der Waals surface area contributed by atoms with Crippen molar-refractivity contribution in [2.45, 2.75) is 20.0 Å². The third-order valence-electron chi connectivity index (χ3n) is 2.83. The van der Waals surface area contributed by atoms with E-state index < -0.39 is 0 Å². The van der Waals surface area contributed by atoms with E-state index in [1.54, 1.807) is 6.07 Å². The third kappa shape index (κ3) is 4.11. The average Bonchev–Trinajstić information content (AvgIpc) is 2.33. The lowest BCUT2D eigenvalue weighted by Crippen LogP contribution is -2.18. The molecular weight excluding hydrogens is 307 g/mol. The Kier molecular flexibility index (Phi) is 4.66. The lowest BCUT2D eigenvalue weighted by molar-refractivity contribution is 0.309. The number of aromatic nitrogens is 1. The van der Waals surface area contributed by atoms with Gasteiger partial charge in [-0.15, -0.1) is 0 Å². The summed E-state index contributed by atoms with van der Waals surface area (Å²) in [5, 5.41) is 0. The minimum absolute atomic E-state index is 0.182. The van der Waals surface area contributed by atoms with Gasteiger partial charge in [0.05, 0.1) is 5.69 Å². The van der Waals surface area contributed by atoms with E-state index in [4.69, 9.17) is 0 Å². The van der Waals surface area contributed by atoms with E-state index in [-0.39, 0.29) is 5.82 Å². The Hall–Kier alpha value is -1.26. The van der Waals surface area contributed by atoms with E-state index in [0.29, 0.717) is 18.7 Å². The number of halogens is 2. The molecule has 0 spiro atoms. The molecule has 1 aromatic heterocycles. The fourth-order valence-electron chi connectivity index (χ4n) is 1.96. The molecule has 0 N–H and O–H groups in total. The summed E-state index contributed by atoms with van der Waals surface area (Å²) in [6.07, 6.45) is 0.